The second-order valence-corrected chi connectivity index (χ2v) is 5.86. The van der Waals surface area contributed by atoms with Crippen molar-refractivity contribution in [3.05, 3.63) is 22.4 Å². The largest absolute Gasteiger partial charge is 0.340 e. The molecule has 1 fully saturated rings. The molecule has 0 aliphatic carbocycles. The Morgan fingerprint density at radius 2 is 2.28 bits per heavy atom. The molecule has 4 nitrogen and oxygen atoms in total. The zero-order valence-electron chi connectivity index (χ0n) is 11.1. The van der Waals surface area contributed by atoms with E-state index in [0.29, 0.717) is 6.04 Å². The van der Waals surface area contributed by atoms with Gasteiger partial charge in [-0.2, -0.15) is 0 Å². The van der Waals surface area contributed by atoms with Gasteiger partial charge in [-0.05, 0) is 42.8 Å². The monoisotopic (exact) mass is 313 g/mol. The zero-order chi connectivity index (χ0) is 13.3. The smallest absolute Gasteiger partial charge is 0.270 e. The van der Waals surface area contributed by atoms with Crippen LogP contribution in [0.3, 0.4) is 0 Å². The normalized spacial score (nSPS) is 15.8. The molecule has 0 bridgehead atoms. The number of carbonyl (C=O) groups is 1. The lowest BCUT2D eigenvalue weighted by Gasteiger charge is -2.37. The summed E-state index contributed by atoms with van der Waals surface area (Å²) in [5.41, 5.74) is 0.769. The van der Waals surface area contributed by atoms with E-state index < -0.39 is 0 Å². The molecule has 0 saturated carbocycles. The van der Waals surface area contributed by atoms with E-state index in [-0.39, 0.29) is 11.9 Å². The van der Waals surface area contributed by atoms with Gasteiger partial charge in [-0.25, -0.2) is 0 Å². The third-order valence-corrected chi connectivity index (χ3v) is 3.83. The molecule has 5 heteroatoms. The molecule has 1 N–H and O–H groups in total. The third-order valence-electron chi connectivity index (χ3n) is 3.39. The van der Waals surface area contributed by atoms with Crippen LogP contribution in [0, 0.1) is 0 Å². The van der Waals surface area contributed by atoms with Crippen LogP contribution in [0.5, 0.6) is 0 Å². The van der Waals surface area contributed by atoms with Crippen molar-refractivity contribution in [3.8, 4) is 0 Å². The van der Waals surface area contributed by atoms with Crippen LogP contribution in [0.25, 0.3) is 0 Å². The van der Waals surface area contributed by atoms with Crippen molar-refractivity contribution >= 4 is 21.8 Å². The van der Waals surface area contributed by atoms with Gasteiger partial charge < -0.3 is 14.8 Å². The average molecular weight is 314 g/mol. The van der Waals surface area contributed by atoms with Crippen LogP contribution < -0.4 is 5.32 Å². The Morgan fingerprint density at radius 3 is 2.72 bits per heavy atom. The van der Waals surface area contributed by atoms with Crippen molar-refractivity contribution in [1.82, 2.24) is 14.8 Å². The Bertz CT molecular complexity index is 437. The first-order valence-corrected chi connectivity index (χ1v) is 7.23. The van der Waals surface area contributed by atoms with Gasteiger partial charge in [-0.3, -0.25) is 4.79 Å². The van der Waals surface area contributed by atoms with Crippen molar-refractivity contribution in [1.29, 1.82) is 0 Å². The molecule has 0 spiro atoms. The van der Waals surface area contributed by atoms with Gasteiger partial charge in [-0.1, -0.05) is 0 Å². The van der Waals surface area contributed by atoms with E-state index in [4.69, 9.17) is 0 Å². The van der Waals surface area contributed by atoms with Gasteiger partial charge in [0, 0.05) is 36.3 Å². The molecule has 1 saturated heterocycles. The summed E-state index contributed by atoms with van der Waals surface area (Å²) in [6.45, 7) is 8.78. The summed E-state index contributed by atoms with van der Waals surface area (Å²) in [5, 5.41) is 3.21. The van der Waals surface area contributed by atoms with Crippen LogP contribution in [0.15, 0.2) is 16.7 Å². The third kappa shape index (κ3) is 2.47. The molecule has 1 aliphatic heterocycles. The summed E-state index contributed by atoms with van der Waals surface area (Å²) >= 11 is 3.45. The van der Waals surface area contributed by atoms with E-state index in [2.05, 4.69) is 35.1 Å². The first-order valence-electron chi connectivity index (χ1n) is 6.43. The summed E-state index contributed by atoms with van der Waals surface area (Å²) in [4.78, 5) is 14.6. The number of hydrogen-bond donors (Lipinski definition) is 1. The lowest BCUT2D eigenvalue weighted by atomic mass is 10.1. The number of rotatable bonds is 4. The molecule has 1 aromatic heterocycles. The van der Waals surface area contributed by atoms with Gasteiger partial charge >= 0.3 is 0 Å². The van der Waals surface area contributed by atoms with Crippen LogP contribution in [-0.4, -0.2) is 41.1 Å². The van der Waals surface area contributed by atoms with Gasteiger partial charge in [0.25, 0.3) is 5.91 Å². The number of hydrogen-bond acceptors (Lipinski definition) is 2. The summed E-state index contributed by atoms with van der Waals surface area (Å²) in [5.74, 6) is 0.128. The van der Waals surface area contributed by atoms with E-state index in [1.54, 1.807) is 0 Å². The second-order valence-electron chi connectivity index (χ2n) is 4.95. The Balaban J connectivity index is 2.26. The van der Waals surface area contributed by atoms with Crippen molar-refractivity contribution < 1.29 is 4.79 Å². The molecule has 1 aromatic rings. The number of amides is 1. The van der Waals surface area contributed by atoms with E-state index in [1.807, 2.05) is 28.7 Å². The Morgan fingerprint density at radius 1 is 1.61 bits per heavy atom. The summed E-state index contributed by atoms with van der Waals surface area (Å²) < 4.78 is 2.99. The average Bonchev–Trinajstić information content (AvgIpc) is 2.64. The minimum Gasteiger partial charge on any atom is -0.340 e. The van der Waals surface area contributed by atoms with Crippen molar-refractivity contribution in [2.75, 3.05) is 19.6 Å². The molecule has 1 amide bonds. The van der Waals surface area contributed by atoms with Gasteiger partial charge in [-0.15, -0.1) is 0 Å². The fourth-order valence-corrected chi connectivity index (χ4v) is 2.69. The molecule has 2 heterocycles. The first kappa shape index (κ1) is 13.6. The minimum absolute atomic E-state index is 0.128. The Labute approximate surface area is 116 Å². The number of carbonyl (C=O) groups excluding carboxylic acids is 1. The predicted octanol–water partition coefficient (Wildman–Crippen LogP) is 2.27. The molecular weight excluding hydrogens is 294 g/mol. The molecule has 2 rings (SSSR count). The molecule has 100 valence electrons. The SMILES string of the molecule is CCN(C(=O)c1cc(Br)cn1C(C)C)C1CNC1. The first-order chi connectivity index (χ1) is 8.54. The molecule has 0 aromatic carbocycles. The fourth-order valence-electron chi connectivity index (χ4n) is 2.25. The van der Waals surface area contributed by atoms with Crippen molar-refractivity contribution in [3.63, 3.8) is 0 Å². The highest BCUT2D eigenvalue weighted by Gasteiger charge is 2.29. The molecule has 0 atom stereocenters. The number of nitrogens with zero attached hydrogens (tertiary/aromatic N) is 2. The van der Waals surface area contributed by atoms with E-state index in [9.17, 15) is 4.79 Å². The van der Waals surface area contributed by atoms with Crippen LogP contribution in [0.4, 0.5) is 0 Å². The van der Waals surface area contributed by atoms with E-state index in [0.717, 1.165) is 29.8 Å². The van der Waals surface area contributed by atoms with Crippen molar-refractivity contribution in [2.45, 2.75) is 32.9 Å². The Hall–Kier alpha value is -0.810. The summed E-state index contributed by atoms with van der Waals surface area (Å²) in [7, 11) is 0. The highest BCUT2D eigenvalue weighted by molar-refractivity contribution is 9.10. The van der Waals surface area contributed by atoms with Crippen LogP contribution in [-0.2, 0) is 0 Å². The maximum atomic E-state index is 12.6. The van der Waals surface area contributed by atoms with Gasteiger partial charge in [0.15, 0.2) is 0 Å². The minimum atomic E-state index is 0.128. The zero-order valence-corrected chi connectivity index (χ0v) is 12.7. The van der Waals surface area contributed by atoms with Gasteiger partial charge in [0.2, 0.25) is 0 Å². The van der Waals surface area contributed by atoms with Crippen LogP contribution in [0.2, 0.25) is 0 Å². The lowest BCUT2D eigenvalue weighted by molar-refractivity contribution is 0.0617. The number of halogens is 1. The number of nitrogens with one attached hydrogen (secondary N) is 1. The number of aromatic nitrogens is 1. The summed E-state index contributed by atoms with van der Waals surface area (Å²) in [6.07, 6.45) is 1.98. The molecular formula is C13H20BrN3O. The Kier molecular flexibility index (Phi) is 4.12. The second kappa shape index (κ2) is 5.45. The predicted molar refractivity (Wildman–Crippen MR) is 75.9 cm³/mol. The highest BCUT2D eigenvalue weighted by atomic mass is 79.9. The number of likely N-dealkylation sites (N-methyl/N-ethyl adjacent to an activating group) is 1. The summed E-state index contributed by atoms with van der Waals surface area (Å²) in [6, 6.07) is 2.54. The highest BCUT2D eigenvalue weighted by Crippen LogP contribution is 2.22. The quantitative estimate of drug-likeness (QED) is 0.926. The van der Waals surface area contributed by atoms with Crippen LogP contribution in [0.1, 0.15) is 37.3 Å². The molecule has 0 unspecified atom stereocenters. The van der Waals surface area contributed by atoms with E-state index >= 15 is 0 Å². The maximum absolute atomic E-state index is 12.6. The standard InChI is InChI=1S/C13H20BrN3O/c1-4-16(11-6-15-7-11)13(18)12-5-10(14)8-17(12)9(2)3/h5,8-9,11,15H,4,6-7H2,1-3H3. The van der Waals surface area contributed by atoms with Crippen molar-refractivity contribution in [2.24, 2.45) is 0 Å². The van der Waals surface area contributed by atoms with Gasteiger partial charge in [0.1, 0.15) is 5.69 Å². The maximum Gasteiger partial charge on any atom is 0.270 e. The van der Waals surface area contributed by atoms with Gasteiger partial charge in [0.05, 0.1) is 6.04 Å². The molecule has 0 radical (unpaired) electrons. The fraction of sp³-hybridized carbons (Fsp3) is 0.615. The van der Waals surface area contributed by atoms with E-state index in [1.165, 1.54) is 0 Å². The van der Waals surface area contributed by atoms with Crippen LogP contribution >= 0.6 is 15.9 Å². The molecule has 1 aliphatic rings. The lowest BCUT2D eigenvalue weighted by Crippen LogP contribution is -2.59. The molecule has 18 heavy (non-hydrogen) atoms. The topological polar surface area (TPSA) is 37.3 Å².